The topological polar surface area (TPSA) is 178 Å². The van der Waals surface area contributed by atoms with Gasteiger partial charge in [-0.15, -0.1) is 0 Å². The molecule has 0 amide bonds. The van der Waals surface area contributed by atoms with Gasteiger partial charge < -0.3 is 34.3 Å². The largest absolute Gasteiger partial charge is 0.457 e. The summed E-state index contributed by atoms with van der Waals surface area (Å²) in [5.74, 6) is -0.407. The van der Waals surface area contributed by atoms with Crippen LogP contribution < -0.4 is 0 Å². The molecule has 1 rings (SSSR count). The molecule has 0 aliphatic carbocycles. The van der Waals surface area contributed by atoms with Crippen LogP contribution in [-0.2, 0) is 38.3 Å². The van der Waals surface area contributed by atoms with Crippen LogP contribution in [0, 0.1) is 0 Å². The third kappa shape index (κ3) is 32.2. The Morgan fingerprint density at radius 3 is 1.59 bits per heavy atom. The minimum absolute atomic E-state index is 0.0381. The number of allylic oxidation sites excluding steroid dienone is 2. The lowest BCUT2D eigenvalue weighted by Gasteiger charge is -2.41. The van der Waals surface area contributed by atoms with Crippen molar-refractivity contribution in [3.63, 3.8) is 0 Å². The summed E-state index contributed by atoms with van der Waals surface area (Å²) in [4.78, 5) is 12.8. The van der Waals surface area contributed by atoms with Crippen molar-refractivity contribution < 1.29 is 56.2 Å². The Bertz CT molecular complexity index is 1090. The minimum atomic E-state index is -5.06. The van der Waals surface area contributed by atoms with Crippen LogP contribution in [0.3, 0.4) is 0 Å². The summed E-state index contributed by atoms with van der Waals surface area (Å²) < 4.78 is 59.0. The predicted molar refractivity (Wildman–Crippen MR) is 234 cm³/mol. The first-order valence-electron chi connectivity index (χ1n) is 23.9. The molecule has 350 valence electrons. The molecule has 1 aliphatic rings. The molecule has 12 nitrogen and oxygen atoms in total. The third-order valence-electron chi connectivity index (χ3n) is 11.1. The van der Waals surface area contributed by atoms with Gasteiger partial charge in [0.25, 0.3) is 0 Å². The number of hydrogen-bond acceptors (Lipinski definition) is 11. The van der Waals surface area contributed by atoms with Crippen LogP contribution in [0.4, 0.5) is 0 Å². The van der Waals surface area contributed by atoms with E-state index >= 15 is 0 Å². The number of aliphatic hydroxyl groups excluding tert-OH is 3. The lowest BCUT2D eigenvalue weighted by atomic mass is 9.99. The number of rotatable bonds is 42. The molecule has 1 saturated heterocycles. The van der Waals surface area contributed by atoms with Crippen LogP contribution >= 0.6 is 0 Å². The van der Waals surface area contributed by atoms with E-state index in [1.807, 2.05) is 0 Å². The number of carbonyl (C=O) groups is 1. The van der Waals surface area contributed by atoms with E-state index in [-0.39, 0.29) is 19.6 Å². The number of carbonyl (C=O) groups excluding carboxylic acids is 1. The Hall–Kier alpha value is -1.16. The maximum atomic E-state index is 12.8. The second-order valence-electron chi connectivity index (χ2n) is 16.7. The molecule has 1 heterocycles. The first-order valence-corrected chi connectivity index (χ1v) is 25.3. The van der Waals surface area contributed by atoms with Gasteiger partial charge in [-0.2, -0.15) is 8.42 Å². The molecule has 0 aromatic heterocycles. The Morgan fingerprint density at radius 2 is 1.10 bits per heavy atom. The summed E-state index contributed by atoms with van der Waals surface area (Å²) in [7, 11) is -5.06. The molecule has 4 N–H and O–H groups in total. The van der Waals surface area contributed by atoms with E-state index in [1.165, 1.54) is 122 Å². The molecule has 0 spiro atoms. The van der Waals surface area contributed by atoms with Crippen molar-refractivity contribution in [1.82, 2.24) is 0 Å². The predicted octanol–water partition coefficient (Wildman–Crippen LogP) is 10.2. The number of hydrogen-bond donors (Lipinski definition) is 4. The fraction of sp³-hybridized carbons (Fsp3) is 0.935. The van der Waals surface area contributed by atoms with Gasteiger partial charge in [0.05, 0.1) is 19.8 Å². The molecule has 59 heavy (non-hydrogen) atoms. The van der Waals surface area contributed by atoms with Crippen molar-refractivity contribution in [1.29, 1.82) is 0 Å². The van der Waals surface area contributed by atoms with Gasteiger partial charge in [-0.1, -0.05) is 187 Å². The fourth-order valence-electron chi connectivity index (χ4n) is 7.50. The van der Waals surface area contributed by atoms with Gasteiger partial charge in [-0.3, -0.25) is 9.35 Å². The molecule has 0 saturated carbocycles. The molecular weight excluding hydrogens is 777 g/mol. The van der Waals surface area contributed by atoms with Gasteiger partial charge in [0.1, 0.15) is 30.5 Å². The molecular formula is C46H88O12S. The second-order valence-corrected chi connectivity index (χ2v) is 17.8. The van der Waals surface area contributed by atoms with Crippen LogP contribution in [0.25, 0.3) is 0 Å². The van der Waals surface area contributed by atoms with Gasteiger partial charge in [0.15, 0.2) is 6.29 Å². The van der Waals surface area contributed by atoms with Crippen LogP contribution in [0.1, 0.15) is 213 Å². The fourth-order valence-corrected chi connectivity index (χ4v) is 8.01. The Morgan fingerprint density at radius 1 is 0.627 bits per heavy atom. The summed E-state index contributed by atoms with van der Waals surface area (Å²) in [5.41, 5.74) is 0. The van der Waals surface area contributed by atoms with E-state index in [4.69, 9.17) is 23.5 Å². The maximum absolute atomic E-state index is 12.8. The Balaban J connectivity index is 2.31. The summed E-state index contributed by atoms with van der Waals surface area (Å²) >= 11 is 0. The highest BCUT2D eigenvalue weighted by atomic mass is 32.3. The number of aliphatic hydroxyl groups is 3. The molecule has 1 aliphatic heterocycles. The number of unbranched alkanes of at least 4 members (excludes halogenated alkanes) is 27. The maximum Gasteiger partial charge on any atom is 0.397 e. The first kappa shape index (κ1) is 55.9. The standard InChI is InChI=1S/C46H88O12S/c1-3-5-7-9-11-13-15-16-17-18-19-20-21-22-23-24-25-26-28-30-32-34-36-54-38-40(56-42(48)35-33-31-29-27-14-12-10-8-6-4-2)39-55-46-44(50)45(58-59(51,52)53)43(49)41(37-47)57-46/h8,10,40-41,43-47,49-50H,3-7,9,11-39H2,1-2H3,(H,51,52,53)/b10-8-. The van der Waals surface area contributed by atoms with E-state index in [9.17, 15) is 28.5 Å². The van der Waals surface area contributed by atoms with Gasteiger partial charge >= 0.3 is 16.4 Å². The van der Waals surface area contributed by atoms with Crippen LogP contribution in [0.15, 0.2) is 12.2 Å². The smallest absolute Gasteiger partial charge is 0.397 e. The van der Waals surface area contributed by atoms with Gasteiger partial charge in [-0.05, 0) is 32.1 Å². The quantitative estimate of drug-likeness (QED) is 0.0198. The van der Waals surface area contributed by atoms with E-state index < -0.39 is 59.8 Å². The Kier molecular flexibility index (Phi) is 36.5. The second kappa shape index (κ2) is 38.5. The summed E-state index contributed by atoms with van der Waals surface area (Å²) in [6.45, 7) is 3.94. The average Bonchev–Trinajstić information content (AvgIpc) is 3.20. The van der Waals surface area contributed by atoms with Crippen LogP contribution in [0.5, 0.6) is 0 Å². The highest BCUT2D eigenvalue weighted by Crippen LogP contribution is 2.26. The third-order valence-corrected chi connectivity index (χ3v) is 11.6. The normalized spacial score (nSPS) is 20.4. The lowest BCUT2D eigenvalue weighted by molar-refractivity contribution is -0.301. The van der Waals surface area contributed by atoms with E-state index in [1.54, 1.807) is 0 Å². The lowest BCUT2D eigenvalue weighted by Crippen LogP contribution is -2.60. The molecule has 0 aromatic rings. The first-order chi connectivity index (χ1) is 28.6. The summed E-state index contributed by atoms with van der Waals surface area (Å²) in [5, 5.41) is 30.6. The average molecular weight is 865 g/mol. The molecule has 0 radical (unpaired) electrons. The van der Waals surface area contributed by atoms with Crippen molar-refractivity contribution in [2.45, 2.75) is 250 Å². The van der Waals surface area contributed by atoms with Gasteiger partial charge in [-0.25, -0.2) is 4.18 Å². The molecule has 13 heteroatoms. The molecule has 0 bridgehead atoms. The van der Waals surface area contributed by atoms with E-state index in [0.717, 1.165) is 64.2 Å². The van der Waals surface area contributed by atoms with E-state index in [2.05, 4.69) is 30.2 Å². The van der Waals surface area contributed by atoms with Crippen molar-refractivity contribution in [2.24, 2.45) is 0 Å². The zero-order valence-electron chi connectivity index (χ0n) is 37.3. The zero-order valence-corrected chi connectivity index (χ0v) is 38.1. The zero-order chi connectivity index (χ0) is 43.2. The molecule has 0 aromatic carbocycles. The minimum Gasteiger partial charge on any atom is -0.457 e. The Labute approximate surface area is 359 Å². The highest BCUT2D eigenvalue weighted by Gasteiger charge is 2.48. The van der Waals surface area contributed by atoms with Crippen molar-refractivity contribution in [3.8, 4) is 0 Å². The monoisotopic (exact) mass is 865 g/mol. The summed E-state index contributed by atoms with van der Waals surface area (Å²) in [6, 6.07) is 0. The van der Waals surface area contributed by atoms with E-state index in [0.29, 0.717) is 13.0 Å². The van der Waals surface area contributed by atoms with Crippen molar-refractivity contribution in [2.75, 3.05) is 26.4 Å². The number of esters is 1. The van der Waals surface area contributed by atoms with Crippen molar-refractivity contribution in [3.05, 3.63) is 12.2 Å². The highest BCUT2D eigenvalue weighted by molar-refractivity contribution is 7.80. The molecule has 1 fully saturated rings. The van der Waals surface area contributed by atoms with Gasteiger partial charge in [0, 0.05) is 13.0 Å². The summed E-state index contributed by atoms with van der Waals surface area (Å²) in [6.07, 6.45) is 32.7. The van der Waals surface area contributed by atoms with Gasteiger partial charge in [0.2, 0.25) is 0 Å². The van der Waals surface area contributed by atoms with Crippen molar-refractivity contribution >= 4 is 16.4 Å². The number of ether oxygens (including phenoxy) is 4. The van der Waals surface area contributed by atoms with Crippen LogP contribution in [-0.4, -0.2) is 97.5 Å². The molecule has 6 unspecified atom stereocenters. The SMILES string of the molecule is CCC/C=C\CCCCCCCC(=O)OC(COCCCCCCCCCCCCCCCCCCCCCCCC)COC1OC(CO)C(O)C(OS(=O)(=O)O)C1O. The van der Waals surface area contributed by atoms with Crippen LogP contribution in [0.2, 0.25) is 0 Å². The molecule has 6 atom stereocenters.